The molecule has 1 saturated carbocycles. The molecule has 1 saturated heterocycles. The maximum atomic E-state index is 12.4. The van der Waals surface area contributed by atoms with Gasteiger partial charge in [-0.1, -0.05) is 26.7 Å². The minimum atomic E-state index is -0.984. The standard InChI is InChI=1S/C14H24N2O4/c1-9(2)12(13(17)18)15-14(19)16-7-8-20-11-6-4-3-5-10(11)16/h9-12H,3-8H2,1-2H3,(H,15,19)(H,17,18). The topological polar surface area (TPSA) is 78.9 Å². The van der Waals surface area contributed by atoms with Gasteiger partial charge in [0.25, 0.3) is 0 Å². The summed E-state index contributed by atoms with van der Waals surface area (Å²) in [5.74, 6) is -1.12. The van der Waals surface area contributed by atoms with Crippen molar-refractivity contribution in [1.29, 1.82) is 0 Å². The molecule has 20 heavy (non-hydrogen) atoms. The van der Waals surface area contributed by atoms with E-state index in [2.05, 4.69) is 5.32 Å². The first-order valence-electron chi connectivity index (χ1n) is 7.42. The van der Waals surface area contributed by atoms with Crippen molar-refractivity contribution in [3.8, 4) is 0 Å². The van der Waals surface area contributed by atoms with E-state index in [4.69, 9.17) is 9.84 Å². The van der Waals surface area contributed by atoms with Crippen LogP contribution in [0.5, 0.6) is 0 Å². The third-order valence-corrected chi connectivity index (χ3v) is 4.20. The van der Waals surface area contributed by atoms with Crippen LogP contribution in [0.3, 0.4) is 0 Å². The maximum Gasteiger partial charge on any atom is 0.326 e. The average molecular weight is 284 g/mol. The summed E-state index contributed by atoms with van der Waals surface area (Å²) >= 11 is 0. The Kier molecular flexibility index (Phi) is 4.86. The summed E-state index contributed by atoms with van der Waals surface area (Å²) in [6.07, 6.45) is 4.28. The van der Waals surface area contributed by atoms with Crippen LogP contribution in [0.25, 0.3) is 0 Å². The Bertz CT molecular complexity index is 370. The molecule has 2 fully saturated rings. The lowest BCUT2D eigenvalue weighted by Gasteiger charge is -2.44. The fourth-order valence-electron chi connectivity index (χ4n) is 3.08. The van der Waals surface area contributed by atoms with Crippen LogP contribution in [0.4, 0.5) is 4.79 Å². The molecule has 0 radical (unpaired) electrons. The molecule has 0 aromatic carbocycles. The quantitative estimate of drug-likeness (QED) is 0.822. The molecule has 1 heterocycles. The fraction of sp³-hybridized carbons (Fsp3) is 0.857. The number of fused-ring (bicyclic) bond motifs is 1. The Hall–Kier alpha value is -1.30. The van der Waals surface area contributed by atoms with Crippen molar-refractivity contribution in [3.63, 3.8) is 0 Å². The molecule has 2 amide bonds. The first kappa shape index (κ1) is 15.1. The first-order valence-corrected chi connectivity index (χ1v) is 7.42. The minimum absolute atomic E-state index is 0.0964. The zero-order chi connectivity index (χ0) is 14.7. The Balaban J connectivity index is 2.01. The Morgan fingerprint density at radius 3 is 2.65 bits per heavy atom. The van der Waals surface area contributed by atoms with Gasteiger partial charge in [0.1, 0.15) is 6.04 Å². The summed E-state index contributed by atoms with van der Waals surface area (Å²) in [6.45, 7) is 4.66. The van der Waals surface area contributed by atoms with Gasteiger partial charge in [-0.2, -0.15) is 0 Å². The van der Waals surface area contributed by atoms with E-state index in [0.717, 1.165) is 25.7 Å². The van der Waals surface area contributed by atoms with Crippen molar-refractivity contribution in [3.05, 3.63) is 0 Å². The van der Waals surface area contributed by atoms with Gasteiger partial charge in [0, 0.05) is 6.54 Å². The van der Waals surface area contributed by atoms with Crippen molar-refractivity contribution >= 4 is 12.0 Å². The van der Waals surface area contributed by atoms with Gasteiger partial charge in [0.05, 0.1) is 18.8 Å². The molecule has 3 atom stereocenters. The highest BCUT2D eigenvalue weighted by Gasteiger charge is 2.38. The molecule has 0 spiro atoms. The van der Waals surface area contributed by atoms with E-state index in [1.165, 1.54) is 0 Å². The van der Waals surface area contributed by atoms with Gasteiger partial charge in [0.2, 0.25) is 0 Å². The molecule has 2 aliphatic rings. The Labute approximate surface area is 119 Å². The van der Waals surface area contributed by atoms with Crippen LogP contribution in [0, 0.1) is 5.92 Å². The molecule has 0 aromatic heterocycles. The van der Waals surface area contributed by atoms with E-state index < -0.39 is 12.0 Å². The van der Waals surface area contributed by atoms with Gasteiger partial charge in [-0.3, -0.25) is 0 Å². The second-order valence-electron chi connectivity index (χ2n) is 5.96. The normalized spacial score (nSPS) is 27.9. The van der Waals surface area contributed by atoms with E-state index in [9.17, 15) is 9.59 Å². The highest BCUT2D eigenvalue weighted by molar-refractivity contribution is 5.83. The fourth-order valence-corrected chi connectivity index (χ4v) is 3.08. The number of carbonyl (C=O) groups is 2. The summed E-state index contributed by atoms with van der Waals surface area (Å²) in [4.78, 5) is 25.3. The number of rotatable bonds is 3. The van der Waals surface area contributed by atoms with Crippen LogP contribution < -0.4 is 5.32 Å². The monoisotopic (exact) mass is 284 g/mol. The molecule has 3 unspecified atom stereocenters. The largest absolute Gasteiger partial charge is 0.480 e. The van der Waals surface area contributed by atoms with Crippen LogP contribution in [0.2, 0.25) is 0 Å². The number of hydrogen-bond donors (Lipinski definition) is 2. The lowest BCUT2D eigenvalue weighted by atomic mass is 9.90. The minimum Gasteiger partial charge on any atom is -0.480 e. The predicted molar refractivity (Wildman–Crippen MR) is 73.5 cm³/mol. The van der Waals surface area contributed by atoms with E-state index in [-0.39, 0.29) is 24.1 Å². The van der Waals surface area contributed by atoms with Crippen molar-refractivity contribution in [1.82, 2.24) is 10.2 Å². The summed E-state index contributed by atoms with van der Waals surface area (Å²) in [7, 11) is 0. The molecule has 114 valence electrons. The van der Waals surface area contributed by atoms with Crippen molar-refractivity contribution in [2.24, 2.45) is 5.92 Å². The Morgan fingerprint density at radius 1 is 1.30 bits per heavy atom. The molecule has 0 aromatic rings. The number of ether oxygens (including phenoxy) is 1. The molecule has 2 N–H and O–H groups in total. The summed E-state index contributed by atoms with van der Waals surface area (Å²) in [6, 6.07) is -1.02. The van der Waals surface area contributed by atoms with E-state index in [1.54, 1.807) is 18.7 Å². The highest BCUT2D eigenvalue weighted by atomic mass is 16.5. The van der Waals surface area contributed by atoms with Crippen LogP contribution in [0.15, 0.2) is 0 Å². The van der Waals surface area contributed by atoms with Gasteiger partial charge in [-0.25, -0.2) is 9.59 Å². The number of carbonyl (C=O) groups excluding carboxylic acids is 1. The van der Waals surface area contributed by atoms with Crippen molar-refractivity contribution in [2.75, 3.05) is 13.2 Å². The highest BCUT2D eigenvalue weighted by Crippen LogP contribution is 2.28. The van der Waals surface area contributed by atoms with Gasteiger partial charge >= 0.3 is 12.0 Å². The second kappa shape index (κ2) is 6.43. The lowest BCUT2D eigenvalue weighted by Crippen LogP contribution is -2.59. The van der Waals surface area contributed by atoms with Gasteiger partial charge in [0.15, 0.2) is 0 Å². The SMILES string of the molecule is CC(C)C(NC(=O)N1CCOC2CCCCC21)C(=O)O. The van der Waals surface area contributed by atoms with Crippen molar-refractivity contribution in [2.45, 2.75) is 57.7 Å². The van der Waals surface area contributed by atoms with Gasteiger partial charge < -0.3 is 20.1 Å². The molecule has 0 bridgehead atoms. The molecule has 6 heteroatoms. The number of carboxylic acids is 1. The zero-order valence-corrected chi connectivity index (χ0v) is 12.2. The third-order valence-electron chi connectivity index (χ3n) is 4.20. The van der Waals surface area contributed by atoms with E-state index in [0.29, 0.717) is 13.2 Å². The second-order valence-corrected chi connectivity index (χ2v) is 5.96. The summed E-state index contributed by atoms with van der Waals surface area (Å²) in [5.41, 5.74) is 0. The number of carboxylic acid groups (broad SMARTS) is 1. The van der Waals surface area contributed by atoms with Crippen LogP contribution >= 0.6 is 0 Å². The molecule has 1 aliphatic heterocycles. The third kappa shape index (κ3) is 3.23. The maximum absolute atomic E-state index is 12.4. The molecular weight excluding hydrogens is 260 g/mol. The number of urea groups is 1. The van der Waals surface area contributed by atoms with E-state index >= 15 is 0 Å². The number of aliphatic carboxylic acids is 1. The van der Waals surface area contributed by atoms with Gasteiger partial charge in [-0.05, 0) is 18.8 Å². The van der Waals surface area contributed by atoms with Gasteiger partial charge in [-0.15, -0.1) is 0 Å². The lowest BCUT2D eigenvalue weighted by molar-refractivity contribution is -0.140. The van der Waals surface area contributed by atoms with Crippen molar-refractivity contribution < 1.29 is 19.4 Å². The number of morpholine rings is 1. The smallest absolute Gasteiger partial charge is 0.326 e. The van der Waals surface area contributed by atoms with Crippen LogP contribution in [0.1, 0.15) is 39.5 Å². The first-order chi connectivity index (χ1) is 9.50. The number of hydrogen-bond acceptors (Lipinski definition) is 3. The average Bonchev–Trinajstić information content (AvgIpc) is 2.43. The molecular formula is C14H24N2O4. The van der Waals surface area contributed by atoms with Crippen LogP contribution in [-0.2, 0) is 9.53 Å². The Morgan fingerprint density at radius 2 is 2.00 bits per heavy atom. The number of nitrogens with one attached hydrogen (secondary N) is 1. The summed E-state index contributed by atoms with van der Waals surface area (Å²) < 4.78 is 5.72. The molecule has 1 aliphatic carbocycles. The summed E-state index contributed by atoms with van der Waals surface area (Å²) in [5, 5.41) is 11.8. The van der Waals surface area contributed by atoms with Crippen LogP contribution in [-0.4, -0.2) is 53.3 Å². The predicted octanol–water partition coefficient (Wildman–Crippen LogP) is 1.45. The zero-order valence-electron chi connectivity index (χ0n) is 12.2. The van der Waals surface area contributed by atoms with E-state index in [1.807, 2.05) is 0 Å². The molecule has 6 nitrogen and oxygen atoms in total. The molecule has 2 rings (SSSR count). The number of amides is 2. The number of nitrogens with zero attached hydrogens (tertiary/aromatic N) is 1.